The van der Waals surface area contributed by atoms with Crippen LogP contribution in [0.3, 0.4) is 0 Å². The number of aromatic nitrogens is 2. The summed E-state index contributed by atoms with van der Waals surface area (Å²) in [6.07, 6.45) is 4.62. The summed E-state index contributed by atoms with van der Waals surface area (Å²) in [6.45, 7) is 0.546. The van der Waals surface area contributed by atoms with E-state index in [4.69, 9.17) is 5.73 Å². The van der Waals surface area contributed by atoms with Crippen molar-refractivity contribution in [2.24, 2.45) is 5.73 Å². The fourth-order valence-electron chi connectivity index (χ4n) is 1.61. The van der Waals surface area contributed by atoms with Crippen LogP contribution in [0.15, 0.2) is 24.5 Å². The van der Waals surface area contributed by atoms with Crippen LogP contribution in [0.4, 0.5) is 13.2 Å². The van der Waals surface area contributed by atoms with Crippen LogP contribution in [0.25, 0.3) is 5.69 Å². The Morgan fingerprint density at radius 2 is 1.83 bits per heavy atom. The first-order valence-corrected chi connectivity index (χ1v) is 5.50. The van der Waals surface area contributed by atoms with Crippen molar-refractivity contribution in [3.8, 4) is 5.69 Å². The van der Waals surface area contributed by atoms with Crippen LogP contribution >= 0.6 is 0 Å². The van der Waals surface area contributed by atoms with Gasteiger partial charge in [-0.3, -0.25) is 0 Å². The van der Waals surface area contributed by atoms with E-state index in [1.165, 1.54) is 4.68 Å². The van der Waals surface area contributed by atoms with Crippen LogP contribution in [0, 0.1) is 17.5 Å². The van der Waals surface area contributed by atoms with Crippen LogP contribution in [0.1, 0.15) is 12.0 Å². The number of benzene rings is 1. The average molecular weight is 255 g/mol. The molecule has 0 amide bonds. The molecule has 6 heteroatoms. The topological polar surface area (TPSA) is 43.8 Å². The van der Waals surface area contributed by atoms with Crippen molar-refractivity contribution < 1.29 is 13.2 Å². The molecular weight excluding hydrogens is 243 g/mol. The minimum atomic E-state index is -1.22. The molecule has 3 nitrogen and oxygen atoms in total. The average Bonchev–Trinajstić information content (AvgIpc) is 2.79. The number of aryl methyl sites for hydroxylation is 1. The summed E-state index contributed by atoms with van der Waals surface area (Å²) in [7, 11) is 0. The van der Waals surface area contributed by atoms with E-state index in [1.807, 2.05) is 0 Å². The summed E-state index contributed by atoms with van der Waals surface area (Å²) in [4.78, 5) is 0. The van der Waals surface area contributed by atoms with E-state index in [9.17, 15) is 13.2 Å². The number of rotatable bonds is 4. The fraction of sp³-hybridized carbons (Fsp3) is 0.250. The van der Waals surface area contributed by atoms with E-state index < -0.39 is 17.5 Å². The maximum Gasteiger partial charge on any atom is 0.161 e. The summed E-state index contributed by atoms with van der Waals surface area (Å²) in [5.74, 6) is -3.18. The maximum absolute atomic E-state index is 13.5. The van der Waals surface area contributed by atoms with Gasteiger partial charge in [-0.1, -0.05) is 0 Å². The minimum Gasteiger partial charge on any atom is -0.330 e. The van der Waals surface area contributed by atoms with Crippen molar-refractivity contribution in [1.29, 1.82) is 0 Å². The molecule has 0 aliphatic rings. The van der Waals surface area contributed by atoms with Gasteiger partial charge in [-0.05, 0) is 24.9 Å². The highest BCUT2D eigenvalue weighted by Gasteiger charge is 2.12. The summed E-state index contributed by atoms with van der Waals surface area (Å²) in [5, 5.41) is 3.92. The Hall–Kier alpha value is -1.82. The van der Waals surface area contributed by atoms with Gasteiger partial charge >= 0.3 is 0 Å². The highest BCUT2D eigenvalue weighted by Crippen LogP contribution is 2.17. The molecule has 0 saturated carbocycles. The first-order valence-electron chi connectivity index (χ1n) is 5.50. The van der Waals surface area contributed by atoms with Gasteiger partial charge in [0, 0.05) is 18.3 Å². The smallest absolute Gasteiger partial charge is 0.161 e. The Kier molecular flexibility index (Phi) is 3.66. The van der Waals surface area contributed by atoms with E-state index >= 15 is 0 Å². The molecule has 0 unspecified atom stereocenters. The lowest BCUT2D eigenvalue weighted by atomic mass is 10.2. The van der Waals surface area contributed by atoms with Crippen LogP contribution in [0.2, 0.25) is 0 Å². The Morgan fingerprint density at radius 3 is 2.56 bits per heavy atom. The monoisotopic (exact) mass is 255 g/mol. The normalized spacial score (nSPS) is 10.9. The molecule has 1 aromatic heterocycles. The van der Waals surface area contributed by atoms with Gasteiger partial charge in [0.1, 0.15) is 5.69 Å². The predicted molar refractivity (Wildman–Crippen MR) is 60.8 cm³/mol. The number of hydrogen-bond donors (Lipinski definition) is 1. The van der Waals surface area contributed by atoms with Gasteiger partial charge in [0.25, 0.3) is 0 Å². The van der Waals surface area contributed by atoms with Crippen molar-refractivity contribution in [2.75, 3.05) is 6.54 Å². The van der Waals surface area contributed by atoms with E-state index in [0.29, 0.717) is 19.0 Å². The Morgan fingerprint density at radius 1 is 1.11 bits per heavy atom. The summed E-state index contributed by atoms with van der Waals surface area (Å²) in [5.41, 5.74) is 6.12. The third kappa shape index (κ3) is 2.53. The molecule has 0 radical (unpaired) electrons. The number of hydrogen-bond acceptors (Lipinski definition) is 2. The van der Waals surface area contributed by atoms with Gasteiger partial charge < -0.3 is 5.73 Å². The SMILES string of the molecule is NCCCc1cnn(-c2cc(F)c(F)cc2F)c1. The lowest BCUT2D eigenvalue weighted by molar-refractivity contribution is 0.491. The minimum absolute atomic E-state index is 0.118. The van der Waals surface area contributed by atoms with Crippen molar-refractivity contribution in [3.63, 3.8) is 0 Å². The van der Waals surface area contributed by atoms with E-state index in [1.54, 1.807) is 12.4 Å². The second-order valence-electron chi connectivity index (χ2n) is 3.90. The van der Waals surface area contributed by atoms with Crippen LogP contribution in [-0.2, 0) is 6.42 Å². The lowest BCUT2D eigenvalue weighted by Gasteiger charge is -2.03. The Bertz CT molecular complexity index is 551. The number of halogens is 3. The van der Waals surface area contributed by atoms with E-state index in [2.05, 4.69) is 5.10 Å². The predicted octanol–water partition coefficient (Wildman–Crippen LogP) is 2.18. The highest BCUT2D eigenvalue weighted by molar-refractivity contribution is 5.34. The van der Waals surface area contributed by atoms with E-state index in [-0.39, 0.29) is 5.69 Å². The van der Waals surface area contributed by atoms with Gasteiger partial charge in [-0.25, -0.2) is 17.9 Å². The zero-order valence-electron chi connectivity index (χ0n) is 9.54. The molecule has 1 aromatic carbocycles. The second-order valence-corrected chi connectivity index (χ2v) is 3.90. The Labute approximate surface area is 102 Å². The molecule has 2 N–H and O–H groups in total. The second kappa shape index (κ2) is 5.22. The van der Waals surface area contributed by atoms with Crippen molar-refractivity contribution in [1.82, 2.24) is 9.78 Å². The molecule has 0 spiro atoms. The zero-order valence-corrected chi connectivity index (χ0v) is 9.54. The standard InChI is InChI=1S/C12H12F3N3/c13-9-4-11(15)12(5-10(9)14)18-7-8(6-17-18)2-1-3-16/h4-7H,1-3,16H2. The van der Waals surface area contributed by atoms with Crippen molar-refractivity contribution in [3.05, 3.63) is 47.5 Å². The molecule has 18 heavy (non-hydrogen) atoms. The van der Waals surface area contributed by atoms with Crippen molar-refractivity contribution in [2.45, 2.75) is 12.8 Å². The fourth-order valence-corrected chi connectivity index (χ4v) is 1.61. The quantitative estimate of drug-likeness (QED) is 0.851. The zero-order chi connectivity index (χ0) is 13.1. The lowest BCUT2D eigenvalue weighted by Crippen LogP contribution is -2.01. The van der Waals surface area contributed by atoms with Crippen LogP contribution in [-0.4, -0.2) is 16.3 Å². The Balaban J connectivity index is 2.31. The molecule has 0 saturated heterocycles. The molecule has 96 valence electrons. The molecule has 2 aromatic rings. The molecule has 2 rings (SSSR count). The first-order chi connectivity index (χ1) is 8.61. The van der Waals surface area contributed by atoms with Gasteiger partial charge in [0.05, 0.1) is 6.20 Å². The third-order valence-corrected chi connectivity index (χ3v) is 2.54. The molecule has 0 bridgehead atoms. The van der Waals surface area contributed by atoms with E-state index in [0.717, 1.165) is 18.1 Å². The van der Waals surface area contributed by atoms with Gasteiger partial charge in [0.2, 0.25) is 0 Å². The maximum atomic E-state index is 13.5. The summed E-state index contributed by atoms with van der Waals surface area (Å²) in [6, 6.07) is 1.29. The first kappa shape index (κ1) is 12.6. The molecule has 0 atom stereocenters. The van der Waals surface area contributed by atoms with Crippen LogP contribution in [0.5, 0.6) is 0 Å². The third-order valence-electron chi connectivity index (χ3n) is 2.54. The molecule has 0 fully saturated rings. The highest BCUT2D eigenvalue weighted by atomic mass is 19.2. The molecule has 0 aliphatic heterocycles. The summed E-state index contributed by atoms with van der Waals surface area (Å²) >= 11 is 0. The summed E-state index contributed by atoms with van der Waals surface area (Å²) < 4.78 is 40.5. The van der Waals surface area contributed by atoms with Crippen molar-refractivity contribution >= 4 is 0 Å². The largest absolute Gasteiger partial charge is 0.330 e. The van der Waals surface area contributed by atoms with Gasteiger partial charge in [-0.2, -0.15) is 5.10 Å². The molecule has 1 heterocycles. The molecule has 0 aliphatic carbocycles. The van der Waals surface area contributed by atoms with Gasteiger partial charge in [0.15, 0.2) is 17.5 Å². The number of nitrogens with zero attached hydrogens (tertiary/aromatic N) is 2. The van der Waals surface area contributed by atoms with Crippen LogP contribution < -0.4 is 5.73 Å². The molecular formula is C12H12F3N3. The number of nitrogens with two attached hydrogens (primary N) is 1. The van der Waals surface area contributed by atoms with Gasteiger partial charge in [-0.15, -0.1) is 0 Å².